The zero-order valence-corrected chi connectivity index (χ0v) is 6.04. The van der Waals surface area contributed by atoms with Gasteiger partial charge >= 0.3 is 0 Å². The molecule has 0 radical (unpaired) electrons. The monoisotopic (exact) mass is 143 g/mol. The lowest BCUT2D eigenvalue weighted by molar-refractivity contribution is 0.585. The van der Waals surface area contributed by atoms with Gasteiger partial charge in [-0.15, -0.1) is 0 Å². The van der Waals surface area contributed by atoms with Crippen LogP contribution in [0.4, 0.5) is 0 Å². The highest BCUT2D eigenvalue weighted by atomic mass is 15.7. The number of hydrogen-bond acceptors (Lipinski definition) is 5. The number of hydrogen-bond donors (Lipinski definition) is 3. The molecule has 0 bridgehead atoms. The zero-order chi connectivity index (χ0) is 7.66. The summed E-state index contributed by atoms with van der Waals surface area (Å²) in [5.74, 6) is 0. The van der Waals surface area contributed by atoms with Gasteiger partial charge in [0, 0.05) is 0 Å². The number of rotatable bonds is 1. The molecule has 0 saturated carbocycles. The van der Waals surface area contributed by atoms with Crippen molar-refractivity contribution in [3.8, 4) is 0 Å². The molecule has 1 aliphatic rings. The molecule has 0 unspecified atom stereocenters. The summed E-state index contributed by atoms with van der Waals surface area (Å²) < 4.78 is 0. The molecule has 5 heteroatoms. The molecule has 58 valence electrons. The van der Waals surface area contributed by atoms with Crippen LogP contribution in [0, 0.1) is 0 Å². The van der Waals surface area contributed by atoms with Crippen LogP contribution in [-0.2, 0) is 0 Å². The molecule has 0 fully saturated rings. The number of hydrazone groups is 2. The summed E-state index contributed by atoms with van der Waals surface area (Å²) in [4.78, 5) is 0. The van der Waals surface area contributed by atoms with E-state index in [1.54, 1.807) is 12.4 Å². The summed E-state index contributed by atoms with van der Waals surface area (Å²) in [6.07, 6.45) is 4.20. The van der Waals surface area contributed by atoms with Gasteiger partial charge in [-0.25, -0.2) is 11.1 Å². The molecule has 1 rings (SSSR count). The molecule has 4 N–H and O–H groups in total. The molecule has 1 aliphatic heterocycles. The van der Waals surface area contributed by atoms with Gasteiger partial charge in [-0.2, -0.15) is 10.2 Å². The van der Waals surface area contributed by atoms with Crippen molar-refractivity contribution in [3.63, 3.8) is 0 Å². The van der Waals surface area contributed by atoms with E-state index in [0.29, 0.717) is 0 Å². The average Bonchev–Trinajstić information content (AvgIpc) is 2.08. The number of hydrazine groups is 1. The Morgan fingerprint density at radius 3 is 1.80 bits per heavy atom. The fourth-order valence-electron chi connectivity index (χ4n) is 0.199. The molecular weight excluding hydrogens is 130 g/mol. The van der Waals surface area contributed by atoms with Crippen molar-refractivity contribution in [2.75, 3.05) is 6.54 Å². The van der Waals surface area contributed by atoms with Gasteiger partial charge in [-0.3, -0.25) is 0 Å². The molecule has 0 aromatic heterocycles. The first-order chi connectivity index (χ1) is 4.91. The van der Waals surface area contributed by atoms with Gasteiger partial charge in [0.15, 0.2) is 0 Å². The molecule has 0 atom stereocenters. The van der Waals surface area contributed by atoms with Crippen LogP contribution < -0.4 is 16.8 Å². The first-order valence-corrected chi connectivity index (χ1v) is 3.16. The summed E-state index contributed by atoms with van der Waals surface area (Å²) in [6, 6.07) is 0. The maximum atomic E-state index is 5.03. The Hall–Kier alpha value is -1.10. The lowest BCUT2D eigenvalue weighted by Crippen LogP contribution is -2.24. The Bertz CT molecular complexity index is 94.6. The van der Waals surface area contributed by atoms with Gasteiger partial charge in [0.1, 0.15) is 0 Å². The second-order valence-corrected chi connectivity index (χ2v) is 1.57. The van der Waals surface area contributed by atoms with E-state index in [2.05, 4.69) is 28.2 Å². The second kappa shape index (κ2) is 7.90. The zero-order valence-electron chi connectivity index (χ0n) is 6.04. The average molecular weight is 143 g/mol. The van der Waals surface area contributed by atoms with E-state index in [1.165, 1.54) is 0 Å². The maximum Gasteiger partial charge on any atom is 0.0690 e. The molecule has 0 amide bonds. The predicted molar refractivity (Wildman–Crippen MR) is 42.6 cm³/mol. The van der Waals surface area contributed by atoms with Crippen molar-refractivity contribution in [3.05, 3.63) is 0 Å². The quantitative estimate of drug-likeness (QED) is 0.459. The van der Waals surface area contributed by atoms with Crippen LogP contribution in [0.3, 0.4) is 0 Å². The molecule has 0 spiro atoms. The third-order valence-electron chi connectivity index (χ3n) is 0.684. The topological polar surface area (TPSA) is 74.8 Å². The van der Waals surface area contributed by atoms with Crippen molar-refractivity contribution >= 4 is 12.4 Å². The van der Waals surface area contributed by atoms with Gasteiger partial charge < -0.3 is 5.73 Å². The number of nitrogens with zero attached hydrogens (tertiary/aromatic N) is 2. The predicted octanol–water partition coefficient (Wildman–Crippen LogP) is -0.579. The standard InChI is InChI=1S/C3H9N.C2H4N4/c1-2-3-4;1-2-4-6-5-3-1/h2-4H2,1H3;1-2,5-6H. The Morgan fingerprint density at radius 2 is 1.70 bits per heavy atom. The number of nitrogens with two attached hydrogens (primary N) is 1. The van der Waals surface area contributed by atoms with Gasteiger partial charge in [0.2, 0.25) is 0 Å². The lowest BCUT2D eigenvalue weighted by Gasteiger charge is -1.96. The molecular formula is C5H13N5. The maximum absolute atomic E-state index is 5.03. The molecule has 0 aromatic carbocycles. The van der Waals surface area contributed by atoms with Crippen molar-refractivity contribution in [1.82, 2.24) is 11.1 Å². The van der Waals surface area contributed by atoms with Crippen LogP contribution in [0.5, 0.6) is 0 Å². The third kappa shape index (κ3) is 6.90. The minimum absolute atomic E-state index is 0.819. The van der Waals surface area contributed by atoms with Crippen molar-refractivity contribution in [2.24, 2.45) is 15.9 Å². The van der Waals surface area contributed by atoms with E-state index >= 15 is 0 Å². The minimum Gasteiger partial charge on any atom is -0.330 e. The van der Waals surface area contributed by atoms with E-state index in [4.69, 9.17) is 5.73 Å². The Kier molecular flexibility index (Phi) is 7.03. The highest BCUT2D eigenvalue weighted by molar-refractivity contribution is 6.16. The molecule has 1 heterocycles. The summed E-state index contributed by atoms with van der Waals surface area (Å²) >= 11 is 0. The smallest absolute Gasteiger partial charge is 0.0690 e. The third-order valence-corrected chi connectivity index (χ3v) is 0.684. The van der Waals surface area contributed by atoms with Gasteiger partial charge in [0.25, 0.3) is 0 Å². The highest BCUT2D eigenvalue weighted by Gasteiger charge is 1.71. The lowest BCUT2D eigenvalue weighted by atomic mass is 10.5. The Labute approximate surface area is 60.3 Å². The first-order valence-electron chi connectivity index (χ1n) is 3.16. The molecule has 10 heavy (non-hydrogen) atoms. The molecule has 0 aromatic rings. The summed E-state index contributed by atoms with van der Waals surface area (Å²) in [5, 5.41) is 7.08. The summed E-state index contributed by atoms with van der Waals surface area (Å²) in [5.41, 5.74) is 9.84. The van der Waals surface area contributed by atoms with Gasteiger partial charge in [0.05, 0.1) is 12.4 Å². The van der Waals surface area contributed by atoms with E-state index in [9.17, 15) is 0 Å². The van der Waals surface area contributed by atoms with E-state index in [-0.39, 0.29) is 0 Å². The van der Waals surface area contributed by atoms with Crippen LogP contribution in [0.15, 0.2) is 10.2 Å². The van der Waals surface area contributed by atoms with Crippen LogP contribution in [0.1, 0.15) is 13.3 Å². The summed E-state index contributed by atoms with van der Waals surface area (Å²) in [7, 11) is 0. The van der Waals surface area contributed by atoms with Crippen molar-refractivity contribution in [1.29, 1.82) is 0 Å². The van der Waals surface area contributed by atoms with Crippen molar-refractivity contribution < 1.29 is 0 Å². The van der Waals surface area contributed by atoms with E-state index < -0.39 is 0 Å². The normalized spacial score (nSPS) is 12.6. The molecule has 0 saturated heterocycles. The van der Waals surface area contributed by atoms with E-state index in [1.807, 2.05) is 0 Å². The van der Waals surface area contributed by atoms with Crippen LogP contribution in [-0.4, -0.2) is 19.0 Å². The van der Waals surface area contributed by atoms with Crippen LogP contribution >= 0.6 is 0 Å². The fourth-order valence-corrected chi connectivity index (χ4v) is 0.199. The SMILES string of the molecule is C1=NNNN=C1.CCCN. The summed E-state index contributed by atoms with van der Waals surface area (Å²) in [6.45, 7) is 2.88. The minimum atomic E-state index is 0.819. The fraction of sp³-hybridized carbons (Fsp3) is 0.600. The van der Waals surface area contributed by atoms with Crippen LogP contribution in [0.25, 0.3) is 0 Å². The van der Waals surface area contributed by atoms with E-state index in [0.717, 1.165) is 13.0 Å². The van der Waals surface area contributed by atoms with Gasteiger partial charge in [-0.1, -0.05) is 6.92 Å². The Balaban J connectivity index is 0.000000180. The molecule has 5 nitrogen and oxygen atoms in total. The first kappa shape index (κ1) is 8.90. The Morgan fingerprint density at radius 1 is 1.30 bits per heavy atom. The van der Waals surface area contributed by atoms with Crippen molar-refractivity contribution in [2.45, 2.75) is 13.3 Å². The highest BCUT2D eigenvalue weighted by Crippen LogP contribution is 1.57. The molecule has 0 aliphatic carbocycles. The van der Waals surface area contributed by atoms with Crippen LogP contribution in [0.2, 0.25) is 0 Å². The number of nitrogens with one attached hydrogen (secondary N) is 2. The van der Waals surface area contributed by atoms with Gasteiger partial charge in [-0.05, 0) is 13.0 Å². The second-order valence-electron chi connectivity index (χ2n) is 1.57. The largest absolute Gasteiger partial charge is 0.330 e.